The molecule has 0 saturated heterocycles. The van der Waals surface area contributed by atoms with Crippen molar-refractivity contribution in [3.05, 3.63) is 0 Å². The largest absolute Gasteiger partial charge is 0.457 e. The molecule has 7 heteroatoms. The highest BCUT2D eigenvalue weighted by Gasteiger charge is 2.31. The highest BCUT2D eigenvalue weighted by molar-refractivity contribution is 6.32. The summed E-state index contributed by atoms with van der Waals surface area (Å²) in [7, 11) is -0.812. The zero-order valence-electron chi connectivity index (χ0n) is 8.61. The van der Waals surface area contributed by atoms with Gasteiger partial charge in [0.15, 0.2) is 0 Å². The predicted molar refractivity (Wildman–Crippen MR) is 52.4 cm³/mol. The van der Waals surface area contributed by atoms with E-state index in [1.165, 1.54) is 0 Å². The second kappa shape index (κ2) is 6.39. The Labute approximate surface area is 80.0 Å². The van der Waals surface area contributed by atoms with Crippen LogP contribution >= 0.6 is 0 Å². The first-order valence-corrected chi connectivity index (χ1v) is 3.91. The molecule has 0 unspecified atom stereocenters. The van der Waals surface area contributed by atoms with Gasteiger partial charge in [-0.25, -0.2) is 0 Å². The summed E-state index contributed by atoms with van der Waals surface area (Å²) < 4.78 is 3.94. The van der Waals surface area contributed by atoms with Crippen LogP contribution in [-0.4, -0.2) is 46.8 Å². The van der Waals surface area contributed by atoms with E-state index in [1.807, 2.05) is 0 Å². The molecule has 0 aliphatic carbocycles. The van der Waals surface area contributed by atoms with Crippen LogP contribution < -0.4 is 0 Å². The molecule has 0 aromatic carbocycles. The quantitative estimate of drug-likeness (QED) is 0.390. The lowest BCUT2D eigenvalue weighted by molar-refractivity contribution is -0.107. The molecule has 0 aromatic heterocycles. The Kier molecular flexibility index (Phi) is 7.58. The first-order chi connectivity index (χ1) is 5.66. The maximum absolute atomic E-state index is 9.10. The first-order valence-electron chi connectivity index (χ1n) is 3.91. The summed E-state index contributed by atoms with van der Waals surface area (Å²) in [5.41, 5.74) is -2.01. The van der Waals surface area contributed by atoms with Crippen LogP contribution in [0.2, 0.25) is 0 Å². The van der Waals surface area contributed by atoms with Crippen LogP contribution in [0.1, 0.15) is 27.7 Å². The Morgan fingerprint density at radius 2 is 1.08 bits per heavy atom. The maximum atomic E-state index is 9.10. The molecule has 0 aliphatic rings. The van der Waals surface area contributed by atoms with Crippen molar-refractivity contribution < 1.29 is 24.8 Å². The molecule has 4 N–H and O–H groups in total. The monoisotopic (exact) mass is 192 g/mol. The molecule has 5 nitrogen and oxygen atoms in total. The molecular weight excluding hydrogens is 174 g/mol. The smallest absolute Gasteiger partial charge is 0.421 e. The van der Waals surface area contributed by atoms with Gasteiger partial charge in [0.2, 0.25) is 0 Å². The molecule has 0 amide bonds. The van der Waals surface area contributed by atoms with Crippen LogP contribution in [0.15, 0.2) is 0 Å². The van der Waals surface area contributed by atoms with Crippen LogP contribution in [-0.2, 0) is 4.57 Å². The van der Waals surface area contributed by atoms with Gasteiger partial charge >= 0.3 is 15.4 Å². The van der Waals surface area contributed by atoms with Crippen LogP contribution in [0.3, 0.4) is 0 Å². The standard InChI is InChI=1S/C6H14O2.B2H4O3/c1-5(2,7)6(3,4)8;3-1-5-2-4/h7-8H,1-4H3;1-4H. The zero-order valence-corrected chi connectivity index (χ0v) is 8.61. The second-order valence-electron chi connectivity index (χ2n) is 3.58. The van der Waals surface area contributed by atoms with Gasteiger partial charge in [0.1, 0.15) is 0 Å². The van der Waals surface area contributed by atoms with Gasteiger partial charge < -0.3 is 24.8 Å². The van der Waals surface area contributed by atoms with Crippen molar-refractivity contribution in [3.8, 4) is 0 Å². The van der Waals surface area contributed by atoms with Crippen molar-refractivity contribution in [1.82, 2.24) is 0 Å². The summed E-state index contributed by atoms with van der Waals surface area (Å²) in [6.07, 6.45) is 0. The van der Waals surface area contributed by atoms with E-state index in [1.54, 1.807) is 27.7 Å². The van der Waals surface area contributed by atoms with E-state index in [4.69, 9.17) is 20.3 Å². The van der Waals surface area contributed by atoms with Crippen molar-refractivity contribution in [2.75, 3.05) is 0 Å². The average molecular weight is 192 g/mol. The lowest BCUT2D eigenvalue weighted by Gasteiger charge is -2.31. The Bertz CT molecular complexity index is 103. The predicted octanol–water partition coefficient (Wildman–Crippen LogP) is -1.95. The van der Waals surface area contributed by atoms with Crippen LogP contribution in [0.4, 0.5) is 0 Å². The van der Waals surface area contributed by atoms with Crippen molar-refractivity contribution >= 4 is 15.4 Å². The van der Waals surface area contributed by atoms with E-state index in [0.29, 0.717) is 0 Å². The average Bonchev–Trinajstić information content (AvgIpc) is 1.85. The minimum atomic E-state index is -1.01. The van der Waals surface area contributed by atoms with E-state index in [2.05, 4.69) is 4.57 Å². The van der Waals surface area contributed by atoms with Gasteiger partial charge in [-0.15, -0.1) is 0 Å². The fraction of sp³-hybridized carbons (Fsp3) is 1.00. The summed E-state index contributed by atoms with van der Waals surface area (Å²) >= 11 is 0. The highest BCUT2D eigenvalue weighted by Crippen LogP contribution is 2.19. The molecule has 0 fully saturated rings. The second-order valence-corrected chi connectivity index (χ2v) is 3.58. The van der Waals surface area contributed by atoms with E-state index in [0.717, 1.165) is 0 Å². The Morgan fingerprint density at radius 3 is 1.08 bits per heavy atom. The van der Waals surface area contributed by atoms with Gasteiger partial charge in [0.05, 0.1) is 11.2 Å². The number of hydrogen-bond donors (Lipinski definition) is 4. The molecule has 0 bridgehead atoms. The molecule has 78 valence electrons. The molecule has 0 saturated carbocycles. The first kappa shape index (κ1) is 15.4. The Morgan fingerprint density at radius 1 is 0.846 bits per heavy atom. The molecule has 0 radical (unpaired) electrons. The summed E-state index contributed by atoms with van der Waals surface area (Å²) in [4.78, 5) is 0. The van der Waals surface area contributed by atoms with Gasteiger partial charge in [-0.1, -0.05) is 0 Å². The van der Waals surface area contributed by atoms with Crippen molar-refractivity contribution in [2.24, 2.45) is 0 Å². The molecule has 0 aliphatic heterocycles. The molecule has 13 heavy (non-hydrogen) atoms. The van der Waals surface area contributed by atoms with Crippen LogP contribution in [0.25, 0.3) is 0 Å². The summed E-state index contributed by atoms with van der Waals surface area (Å²) in [5.74, 6) is 0. The zero-order chi connectivity index (χ0) is 11.1. The molecule has 0 rings (SSSR count). The number of hydrogen-bond acceptors (Lipinski definition) is 5. The van der Waals surface area contributed by atoms with Gasteiger partial charge in [-0.05, 0) is 27.7 Å². The summed E-state index contributed by atoms with van der Waals surface area (Å²) in [5, 5.41) is 33.6. The van der Waals surface area contributed by atoms with Crippen molar-refractivity contribution in [1.29, 1.82) is 0 Å². The summed E-state index contributed by atoms with van der Waals surface area (Å²) in [6.45, 7) is 6.31. The molecule has 0 aromatic rings. The minimum absolute atomic E-state index is 0.406. The van der Waals surface area contributed by atoms with Gasteiger partial charge in [-0.3, -0.25) is 0 Å². The fourth-order valence-electron chi connectivity index (χ4n) is 0.0408. The minimum Gasteiger partial charge on any atom is -0.457 e. The Balaban J connectivity index is 0. The van der Waals surface area contributed by atoms with Crippen LogP contribution in [0, 0.1) is 0 Å². The van der Waals surface area contributed by atoms with E-state index < -0.39 is 26.6 Å². The van der Waals surface area contributed by atoms with Gasteiger partial charge in [0.25, 0.3) is 0 Å². The lowest BCUT2D eigenvalue weighted by Crippen LogP contribution is -2.44. The molecule has 0 atom stereocenters. The molecular formula is C6H18B2O5. The summed E-state index contributed by atoms with van der Waals surface area (Å²) in [6, 6.07) is 0. The normalized spacial score (nSPS) is 11.4. The SMILES string of the molecule is CC(C)(O)C(C)(C)O.OBOBO. The number of rotatable bonds is 3. The van der Waals surface area contributed by atoms with E-state index >= 15 is 0 Å². The van der Waals surface area contributed by atoms with E-state index in [9.17, 15) is 0 Å². The fourth-order valence-corrected chi connectivity index (χ4v) is 0.0408. The Hall–Kier alpha value is -0.0701. The third-order valence-electron chi connectivity index (χ3n) is 1.68. The van der Waals surface area contributed by atoms with Gasteiger partial charge in [-0.2, -0.15) is 0 Å². The molecule has 0 heterocycles. The van der Waals surface area contributed by atoms with Crippen molar-refractivity contribution in [2.45, 2.75) is 38.9 Å². The third kappa shape index (κ3) is 9.85. The highest BCUT2D eigenvalue weighted by atomic mass is 16.5. The third-order valence-corrected chi connectivity index (χ3v) is 1.68. The topological polar surface area (TPSA) is 90.2 Å². The van der Waals surface area contributed by atoms with Crippen molar-refractivity contribution in [3.63, 3.8) is 0 Å². The number of aliphatic hydroxyl groups is 2. The van der Waals surface area contributed by atoms with E-state index in [-0.39, 0.29) is 0 Å². The maximum Gasteiger partial charge on any atom is 0.421 e. The van der Waals surface area contributed by atoms with Gasteiger partial charge in [0, 0.05) is 0 Å². The molecule has 0 spiro atoms. The lowest BCUT2D eigenvalue weighted by atomic mass is 9.90. The van der Waals surface area contributed by atoms with Crippen LogP contribution in [0.5, 0.6) is 0 Å².